The van der Waals surface area contributed by atoms with Crippen molar-refractivity contribution in [2.75, 3.05) is 25.6 Å². The van der Waals surface area contributed by atoms with Gasteiger partial charge in [0.25, 0.3) is 0 Å². The van der Waals surface area contributed by atoms with Gasteiger partial charge in [0.05, 0.1) is 12.2 Å². The lowest BCUT2D eigenvalue weighted by Crippen LogP contribution is -2.31. The van der Waals surface area contributed by atoms with E-state index in [9.17, 15) is 9.59 Å². The third kappa shape index (κ3) is 4.06. The van der Waals surface area contributed by atoms with Gasteiger partial charge in [-0.25, -0.2) is 9.59 Å². The molecule has 0 aliphatic heterocycles. The van der Waals surface area contributed by atoms with Crippen LogP contribution in [0.15, 0.2) is 18.2 Å². The van der Waals surface area contributed by atoms with Gasteiger partial charge in [-0.1, -0.05) is 6.07 Å². The molecule has 1 aromatic rings. The smallest absolute Gasteiger partial charge is 0.336 e. The van der Waals surface area contributed by atoms with Crippen molar-refractivity contribution < 1.29 is 19.4 Å². The standard InChI is InChI=1S/C12H16N2O4/c1-8-3-4-9(7-10(8)11(15)16)14-12(17)13-5-6-18-2/h3-4,7H,5-6H2,1-2H3,(H,15,16)(H2,13,14,17). The average Bonchev–Trinajstić information content (AvgIpc) is 2.31. The van der Waals surface area contributed by atoms with Crippen molar-refractivity contribution in [1.29, 1.82) is 0 Å². The SMILES string of the molecule is COCCNC(=O)Nc1ccc(C)c(C(=O)O)c1. The molecule has 6 nitrogen and oxygen atoms in total. The van der Waals surface area contributed by atoms with E-state index in [-0.39, 0.29) is 5.56 Å². The molecule has 0 radical (unpaired) electrons. The monoisotopic (exact) mass is 252 g/mol. The topological polar surface area (TPSA) is 87.7 Å². The second-order valence-electron chi connectivity index (χ2n) is 3.71. The number of benzene rings is 1. The molecule has 0 atom stereocenters. The summed E-state index contributed by atoms with van der Waals surface area (Å²) in [4.78, 5) is 22.4. The molecule has 0 aliphatic rings. The summed E-state index contributed by atoms with van der Waals surface area (Å²) in [5.74, 6) is -1.02. The molecule has 1 rings (SSSR count). The normalized spacial score (nSPS) is 9.89. The first-order valence-electron chi connectivity index (χ1n) is 5.42. The third-order valence-corrected chi connectivity index (χ3v) is 2.32. The second kappa shape index (κ2) is 6.61. The second-order valence-corrected chi connectivity index (χ2v) is 3.71. The Balaban J connectivity index is 2.65. The average molecular weight is 252 g/mol. The highest BCUT2D eigenvalue weighted by Gasteiger charge is 2.09. The zero-order valence-electron chi connectivity index (χ0n) is 10.3. The van der Waals surface area contributed by atoms with E-state index in [0.29, 0.717) is 24.4 Å². The van der Waals surface area contributed by atoms with Crippen LogP contribution in [0.2, 0.25) is 0 Å². The van der Waals surface area contributed by atoms with Crippen LogP contribution in [-0.4, -0.2) is 37.4 Å². The molecule has 3 N–H and O–H groups in total. The first-order chi connectivity index (χ1) is 8.54. The Labute approximate surface area is 105 Å². The minimum atomic E-state index is -1.02. The number of carboxylic acid groups (broad SMARTS) is 1. The molecular weight excluding hydrogens is 236 g/mol. The van der Waals surface area contributed by atoms with Crippen molar-refractivity contribution >= 4 is 17.7 Å². The highest BCUT2D eigenvalue weighted by atomic mass is 16.5. The van der Waals surface area contributed by atoms with Gasteiger partial charge in [-0.15, -0.1) is 0 Å². The molecule has 1 aromatic carbocycles. The molecule has 98 valence electrons. The van der Waals surface area contributed by atoms with Crippen LogP contribution in [-0.2, 0) is 4.74 Å². The van der Waals surface area contributed by atoms with Gasteiger partial charge >= 0.3 is 12.0 Å². The quantitative estimate of drug-likeness (QED) is 0.692. The highest BCUT2D eigenvalue weighted by Crippen LogP contribution is 2.15. The maximum Gasteiger partial charge on any atom is 0.336 e. The number of carbonyl (C=O) groups is 2. The van der Waals surface area contributed by atoms with Crippen molar-refractivity contribution in [3.8, 4) is 0 Å². The summed E-state index contributed by atoms with van der Waals surface area (Å²) in [5, 5.41) is 14.1. The van der Waals surface area contributed by atoms with E-state index in [0.717, 1.165) is 0 Å². The summed E-state index contributed by atoms with van der Waals surface area (Å²) in [5.41, 5.74) is 1.26. The number of methoxy groups -OCH3 is 1. The number of aryl methyl sites for hydroxylation is 1. The molecule has 0 saturated heterocycles. The van der Waals surface area contributed by atoms with Crippen LogP contribution in [0.4, 0.5) is 10.5 Å². The number of urea groups is 1. The van der Waals surface area contributed by atoms with E-state index in [4.69, 9.17) is 9.84 Å². The number of ether oxygens (including phenoxy) is 1. The Morgan fingerprint density at radius 1 is 1.39 bits per heavy atom. The minimum Gasteiger partial charge on any atom is -0.478 e. The van der Waals surface area contributed by atoms with E-state index in [1.165, 1.54) is 6.07 Å². The van der Waals surface area contributed by atoms with Crippen molar-refractivity contribution in [1.82, 2.24) is 5.32 Å². The van der Waals surface area contributed by atoms with Gasteiger partial charge in [0.15, 0.2) is 0 Å². The zero-order chi connectivity index (χ0) is 13.5. The van der Waals surface area contributed by atoms with Gasteiger partial charge < -0.3 is 20.5 Å². The zero-order valence-corrected chi connectivity index (χ0v) is 10.3. The molecule has 0 spiro atoms. The third-order valence-electron chi connectivity index (χ3n) is 2.32. The summed E-state index contributed by atoms with van der Waals surface area (Å²) in [6.07, 6.45) is 0. The summed E-state index contributed by atoms with van der Waals surface area (Å²) in [7, 11) is 1.54. The van der Waals surface area contributed by atoms with Crippen LogP contribution < -0.4 is 10.6 Å². The van der Waals surface area contributed by atoms with Gasteiger partial charge in [-0.3, -0.25) is 0 Å². The van der Waals surface area contributed by atoms with Crippen molar-refractivity contribution in [3.63, 3.8) is 0 Å². The van der Waals surface area contributed by atoms with Crippen molar-refractivity contribution in [2.45, 2.75) is 6.92 Å². The molecule has 0 saturated carbocycles. The number of rotatable bonds is 5. The number of hydrogen-bond donors (Lipinski definition) is 3. The van der Waals surface area contributed by atoms with E-state index in [1.807, 2.05) is 0 Å². The van der Waals surface area contributed by atoms with Crippen LogP contribution in [0.3, 0.4) is 0 Å². The summed E-state index contributed by atoms with van der Waals surface area (Å²) in [6, 6.07) is 4.33. The maximum absolute atomic E-state index is 11.4. The fraction of sp³-hybridized carbons (Fsp3) is 0.333. The Morgan fingerprint density at radius 2 is 2.11 bits per heavy atom. The molecule has 0 fully saturated rings. The number of amides is 2. The van der Waals surface area contributed by atoms with E-state index in [2.05, 4.69) is 10.6 Å². The number of aromatic carboxylic acids is 1. The highest BCUT2D eigenvalue weighted by molar-refractivity contribution is 5.94. The molecule has 6 heteroatoms. The summed E-state index contributed by atoms with van der Waals surface area (Å²) < 4.78 is 4.79. The molecule has 0 aromatic heterocycles. The Bertz CT molecular complexity index is 446. The van der Waals surface area contributed by atoms with Gasteiger partial charge in [0, 0.05) is 19.3 Å². The molecule has 18 heavy (non-hydrogen) atoms. The molecule has 0 bridgehead atoms. The molecule has 2 amide bonds. The lowest BCUT2D eigenvalue weighted by atomic mass is 10.1. The van der Waals surface area contributed by atoms with Gasteiger partial charge in [-0.2, -0.15) is 0 Å². The predicted molar refractivity (Wildman–Crippen MR) is 67.0 cm³/mol. The Hall–Kier alpha value is -2.08. The first-order valence-corrected chi connectivity index (χ1v) is 5.42. The van der Waals surface area contributed by atoms with Crippen LogP contribution in [0, 0.1) is 6.92 Å². The number of carboxylic acids is 1. The Kier molecular flexibility index (Phi) is 5.13. The van der Waals surface area contributed by atoms with Crippen LogP contribution >= 0.6 is 0 Å². The lowest BCUT2D eigenvalue weighted by molar-refractivity contribution is 0.0696. The van der Waals surface area contributed by atoms with Gasteiger partial charge in [0.1, 0.15) is 0 Å². The maximum atomic E-state index is 11.4. The fourth-order valence-electron chi connectivity index (χ4n) is 1.37. The molecular formula is C12H16N2O4. The first kappa shape index (κ1) is 14.0. The molecule has 0 aliphatic carbocycles. The van der Waals surface area contributed by atoms with Crippen LogP contribution in [0.25, 0.3) is 0 Å². The predicted octanol–water partition coefficient (Wildman–Crippen LogP) is 1.46. The number of nitrogens with one attached hydrogen (secondary N) is 2. The summed E-state index contributed by atoms with van der Waals surface area (Å²) >= 11 is 0. The van der Waals surface area contributed by atoms with E-state index < -0.39 is 12.0 Å². The number of carbonyl (C=O) groups excluding carboxylic acids is 1. The molecule has 0 unspecified atom stereocenters. The van der Waals surface area contributed by atoms with Gasteiger partial charge in [-0.05, 0) is 24.6 Å². The Morgan fingerprint density at radius 3 is 2.72 bits per heavy atom. The number of anilines is 1. The number of hydrogen-bond acceptors (Lipinski definition) is 3. The largest absolute Gasteiger partial charge is 0.478 e. The van der Waals surface area contributed by atoms with Crippen molar-refractivity contribution in [2.24, 2.45) is 0 Å². The van der Waals surface area contributed by atoms with Crippen molar-refractivity contribution in [3.05, 3.63) is 29.3 Å². The minimum absolute atomic E-state index is 0.171. The molecule has 0 heterocycles. The van der Waals surface area contributed by atoms with E-state index >= 15 is 0 Å². The van der Waals surface area contributed by atoms with E-state index in [1.54, 1.807) is 26.2 Å². The summed E-state index contributed by atoms with van der Waals surface area (Å²) in [6.45, 7) is 2.51. The fourth-order valence-corrected chi connectivity index (χ4v) is 1.37. The lowest BCUT2D eigenvalue weighted by Gasteiger charge is -2.09. The van der Waals surface area contributed by atoms with Crippen LogP contribution in [0.5, 0.6) is 0 Å². The van der Waals surface area contributed by atoms with Gasteiger partial charge in [0.2, 0.25) is 0 Å². The van der Waals surface area contributed by atoms with Crippen LogP contribution in [0.1, 0.15) is 15.9 Å².